The zero-order valence-corrected chi connectivity index (χ0v) is 12.4. The highest BCUT2D eigenvalue weighted by Gasteiger charge is 2.21. The van der Waals surface area contributed by atoms with Crippen molar-refractivity contribution in [3.63, 3.8) is 0 Å². The molecule has 7 heteroatoms. The van der Waals surface area contributed by atoms with E-state index in [1.807, 2.05) is 6.92 Å². The second-order valence-corrected chi connectivity index (χ2v) is 4.32. The molecule has 116 valence electrons. The van der Waals surface area contributed by atoms with E-state index < -0.39 is 16.9 Å². The third kappa shape index (κ3) is 4.71. The molecule has 1 aromatic carbocycles. The molecule has 0 aliphatic rings. The lowest BCUT2D eigenvalue weighted by Gasteiger charge is -2.15. The van der Waals surface area contributed by atoms with E-state index in [-0.39, 0.29) is 24.7 Å². The van der Waals surface area contributed by atoms with Gasteiger partial charge in [0.15, 0.2) is 5.75 Å². The Morgan fingerprint density at radius 1 is 1.43 bits per heavy atom. The number of rotatable bonds is 8. The minimum absolute atomic E-state index is 0.0400. The molecule has 0 radical (unpaired) electrons. The van der Waals surface area contributed by atoms with Crippen LogP contribution < -0.4 is 10.1 Å². The molecule has 0 bridgehead atoms. The van der Waals surface area contributed by atoms with Crippen molar-refractivity contribution in [2.45, 2.75) is 26.3 Å². The van der Waals surface area contributed by atoms with Gasteiger partial charge >= 0.3 is 11.7 Å². The summed E-state index contributed by atoms with van der Waals surface area (Å²) in [6.45, 7) is 3.85. The van der Waals surface area contributed by atoms with Gasteiger partial charge in [-0.2, -0.15) is 0 Å². The Labute approximate surface area is 123 Å². The minimum Gasteiger partial charge on any atom is -0.485 e. The number of nitrogens with one attached hydrogen (secondary N) is 1. The first-order chi connectivity index (χ1) is 10.0. The van der Waals surface area contributed by atoms with E-state index in [2.05, 4.69) is 5.32 Å². The summed E-state index contributed by atoms with van der Waals surface area (Å²) in [7, 11) is 1.60. The molecule has 0 spiro atoms. The van der Waals surface area contributed by atoms with Gasteiger partial charge in [0.1, 0.15) is 12.6 Å². The number of carbonyl (C=O) groups is 1. The molecule has 0 saturated heterocycles. The fraction of sp³-hybridized carbons (Fsp3) is 0.500. The molecule has 0 aromatic heterocycles. The number of hydrogen-bond acceptors (Lipinski definition) is 6. The highest BCUT2D eigenvalue weighted by molar-refractivity contribution is 5.76. The highest BCUT2D eigenvalue weighted by Crippen LogP contribution is 2.28. The van der Waals surface area contributed by atoms with E-state index in [4.69, 9.17) is 9.47 Å². The third-order valence-electron chi connectivity index (χ3n) is 2.95. The molecular formula is C14H20N2O5. The van der Waals surface area contributed by atoms with Crippen LogP contribution in [-0.2, 0) is 16.0 Å². The van der Waals surface area contributed by atoms with Gasteiger partial charge in [-0.15, -0.1) is 0 Å². The zero-order valence-electron chi connectivity index (χ0n) is 12.4. The summed E-state index contributed by atoms with van der Waals surface area (Å²) in [6.07, 6.45) is 0.698. The van der Waals surface area contributed by atoms with Gasteiger partial charge in [0.25, 0.3) is 0 Å². The number of esters is 1. The maximum atomic E-state index is 11.6. The van der Waals surface area contributed by atoms with Crippen LogP contribution in [0.3, 0.4) is 0 Å². The van der Waals surface area contributed by atoms with Gasteiger partial charge in [-0.1, -0.05) is 13.0 Å². The monoisotopic (exact) mass is 296 g/mol. The quantitative estimate of drug-likeness (QED) is 0.446. The number of nitro benzene ring substituents is 1. The molecule has 7 nitrogen and oxygen atoms in total. The Kier molecular flexibility index (Phi) is 6.61. The van der Waals surface area contributed by atoms with Crippen LogP contribution in [-0.4, -0.2) is 37.2 Å². The molecule has 0 fully saturated rings. The first kappa shape index (κ1) is 16.9. The van der Waals surface area contributed by atoms with Crippen LogP contribution in [0.15, 0.2) is 18.2 Å². The van der Waals surface area contributed by atoms with E-state index in [0.717, 1.165) is 5.56 Å². The van der Waals surface area contributed by atoms with Crippen molar-refractivity contribution in [1.29, 1.82) is 0 Å². The lowest BCUT2D eigenvalue weighted by Crippen LogP contribution is -2.40. The average Bonchev–Trinajstić information content (AvgIpc) is 2.48. The van der Waals surface area contributed by atoms with Crippen LogP contribution in [0, 0.1) is 10.1 Å². The van der Waals surface area contributed by atoms with Crippen molar-refractivity contribution in [3.05, 3.63) is 33.9 Å². The number of nitro groups is 1. The molecule has 1 unspecified atom stereocenters. The number of carbonyl (C=O) groups excluding carboxylic acids is 1. The third-order valence-corrected chi connectivity index (χ3v) is 2.95. The minimum atomic E-state index is -0.671. The Hall–Kier alpha value is -2.15. The van der Waals surface area contributed by atoms with Gasteiger partial charge < -0.3 is 14.8 Å². The summed E-state index contributed by atoms with van der Waals surface area (Å²) in [5, 5.41) is 13.8. The van der Waals surface area contributed by atoms with Gasteiger partial charge in [0.05, 0.1) is 11.5 Å². The normalized spacial score (nSPS) is 11.8. The maximum absolute atomic E-state index is 11.6. The van der Waals surface area contributed by atoms with E-state index in [1.165, 1.54) is 6.07 Å². The van der Waals surface area contributed by atoms with Crippen LogP contribution in [0.5, 0.6) is 5.75 Å². The Morgan fingerprint density at radius 3 is 2.67 bits per heavy atom. The summed E-state index contributed by atoms with van der Waals surface area (Å²) < 4.78 is 10.3. The van der Waals surface area contributed by atoms with Crippen LogP contribution in [0.25, 0.3) is 0 Å². The van der Waals surface area contributed by atoms with Crippen molar-refractivity contribution in [2.24, 2.45) is 0 Å². The number of hydrogen-bond donors (Lipinski definition) is 1. The van der Waals surface area contributed by atoms with E-state index in [9.17, 15) is 14.9 Å². The van der Waals surface area contributed by atoms with Gasteiger partial charge in [0, 0.05) is 6.07 Å². The van der Waals surface area contributed by atoms with Crippen LogP contribution >= 0.6 is 0 Å². The molecule has 1 aromatic rings. The lowest BCUT2D eigenvalue weighted by molar-refractivity contribution is -0.385. The molecule has 0 amide bonds. The first-order valence-corrected chi connectivity index (χ1v) is 6.77. The largest absolute Gasteiger partial charge is 0.485 e. The first-order valence-electron chi connectivity index (χ1n) is 6.77. The standard InChI is InChI=1S/C14H20N2O5/c1-4-10-6-7-13(12(8-10)16(18)19)21-9-11(15-3)14(17)20-5-2/h6-8,11,15H,4-5,9H2,1-3H3. The second kappa shape index (κ2) is 8.21. The fourth-order valence-electron chi connectivity index (χ4n) is 1.73. The Morgan fingerprint density at radius 2 is 2.14 bits per heavy atom. The Balaban J connectivity index is 2.82. The SMILES string of the molecule is CCOC(=O)C(COc1ccc(CC)cc1[N+](=O)[O-])NC. The molecule has 0 aliphatic carbocycles. The van der Waals surface area contributed by atoms with Crippen LogP contribution in [0.4, 0.5) is 5.69 Å². The summed E-state index contributed by atoms with van der Waals surface area (Å²) in [6, 6.07) is 4.12. The zero-order chi connectivity index (χ0) is 15.8. The van der Waals surface area contributed by atoms with Crippen molar-refractivity contribution in [3.8, 4) is 5.75 Å². The predicted molar refractivity (Wildman–Crippen MR) is 77.5 cm³/mol. The van der Waals surface area contributed by atoms with Crippen molar-refractivity contribution < 1.29 is 19.2 Å². The molecule has 0 aliphatic heterocycles. The summed E-state index contributed by atoms with van der Waals surface area (Å²) >= 11 is 0. The molecule has 1 N–H and O–H groups in total. The van der Waals surface area contributed by atoms with E-state index >= 15 is 0 Å². The van der Waals surface area contributed by atoms with Gasteiger partial charge in [0.2, 0.25) is 0 Å². The van der Waals surface area contributed by atoms with Gasteiger partial charge in [-0.25, -0.2) is 0 Å². The average molecular weight is 296 g/mol. The summed E-state index contributed by atoms with van der Waals surface area (Å²) in [5.74, 6) is -0.311. The van der Waals surface area contributed by atoms with Crippen LogP contribution in [0.2, 0.25) is 0 Å². The number of ether oxygens (including phenoxy) is 2. The summed E-state index contributed by atoms with van der Waals surface area (Å²) in [5.41, 5.74) is 0.748. The van der Waals surface area contributed by atoms with E-state index in [1.54, 1.807) is 26.1 Å². The van der Waals surface area contributed by atoms with E-state index in [0.29, 0.717) is 6.42 Å². The fourth-order valence-corrected chi connectivity index (χ4v) is 1.73. The second-order valence-electron chi connectivity index (χ2n) is 4.32. The predicted octanol–water partition coefficient (Wildman–Crippen LogP) is 1.69. The molecule has 21 heavy (non-hydrogen) atoms. The van der Waals surface area contributed by atoms with Gasteiger partial charge in [-0.05, 0) is 32.0 Å². The van der Waals surface area contributed by atoms with Gasteiger partial charge in [-0.3, -0.25) is 14.9 Å². The van der Waals surface area contributed by atoms with Crippen molar-refractivity contribution >= 4 is 11.7 Å². The number of nitrogens with zero attached hydrogens (tertiary/aromatic N) is 1. The molecule has 0 heterocycles. The number of aryl methyl sites for hydroxylation is 1. The topological polar surface area (TPSA) is 90.7 Å². The molecular weight excluding hydrogens is 276 g/mol. The van der Waals surface area contributed by atoms with Crippen molar-refractivity contribution in [1.82, 2.24) is 5.32 Å². The summed E-state index contributed by atoms with van der Waals surface area (Å²) in [4.78, 5) is 22.2. The molecule has 1 atom stereocenters. The molecule has 0 saturated carbocycles. The van der Waals surface area contributed by atoms with Crippen LogP contribution in [0.1, 0.15) is 19.4 Å². The molecule has 1 rings (SSSR count). The lowest BCUT2D eigenvalue weighted by atomic mass is 10.1. The maximum Gasteiger partial charge on any atom is 0.326 e. The smallest absolute Gasteiger partial charge is 0.326 e. The number of likely N-dealkylation sites (N-methyl/N-ethyl adjacent to an activating group) is 1. The van der Waals surface area contributed by atoms with Crippen molar-refractivity contribution in [2.75, 3.05) is 20.3 Å². The highest BCUT2D eigenvalue weighted by atomic mass is 16.6. The number of benzene rings is 1. The Bertz CT molecular complexity index is 504.